The van der Waals surface area contributed by atoms with Crippen LogP contribution in [0.3, 0.4) is 0 Å². The second kappa shape index (κ2) is 8.17. The molecular formula is C17H20Cl2N4O2. The van der Waals surface area contributed by atoms with Crippen molar-refractivity contribution in [3.05, 3.63) is 34.1 Å². The monoisotopic (exact) mass is 382 g/mol. The van der Waals surface area contributed by atoms with Gasteiger partial charge in [0.25, 0.3) is 5.89 Å². The molecule has 1 amide bonds. The summed E-state index contributed by atoms with van der Waals surface area (Å²) in [4.78, 5) is 20.5. The zero-order valence-electron chi connectivity index (χ0n) is 14.0. The van der Waals surface area contributed by atoms with Crippen molar-refractivity contribution < 1.29 is 9.32 Å². The molecule has 1 aliphatic heterocycles. The molecule has 0 spiro atoms. The summed E-state index contributed by atoms with van der Waals surface area (Å²) in [5.41, 5.74) is 0.666. The number of aromatic nitrogens is 2. The van der Waals surface area contributed by atoms with Crippen molar-refractivity contribution in [2.24, 2.45) is 0 Å². The van der Waals surface area contributed by atoms with Gasteiger partial charge in [-0.15, -0.1) is 0 Å². The molecule has 2 heterocycles. The van der Waals surface area contributed by atoms with Crippen molar-refractivity contribution in [1.29, 1.82) is 0 Å². The van der Waals surface area contributed by atoms with Gasteiger partial charge in [-0.1, -0.05) is 35.3 Å². The van der Waals surface area contributed by atoms with Crippen LogP contribution in [0.15, 0.2) is 22.7 Å². The lowest BCUT2D eigenvalue weighted by molar-refractivity contribution is -0.133. The van der Waals surface area contributed by atoms with E-state index in [9.17, 15) is 4.79 Å². The van der Waals surface area contributed by atoms with E-state index in [1.165, 1.54) is 0 Å². The number of amides is 1. The number of piperazine rings is 1. The first kappa shape index (κ1) is 18.2. The maximum atomic E-state index is 11.9. The van der Waals surface area contributed by atoms with Gasteiger partial charge in [0, 0.05) is 37.6 Å². The summed E-state index contributed by atoms with van der Waals surface area (Å²) in [6, 6.07) is 5.15. The van der Waals surface area contributed by atoms with Crippen LogP contribution in [-0.4, -0.2) is 52.0 Å². The molecule has 1 aliphatic rings. The van der Waals surface area contributed by atoms with E-state index in [-0.39, 0.29) is 5.91 Å². The zero-order chi connectivity index (χ0) is 17.8. The van der Waals surface area contributed by atoms with E-state index in [0.717, 1.165) is 32.6 Å². The van der Waals surface area contributed by atoms with Gasteiger partial charge < -0.3 is 9.42 Å². The molecule has 1 aromatic heterocycles. The summed E-state index contributed by atoms with van der Waals surface area (Å²) in [5, 5.41) is 5.07. The predicted octanol–water partition coefficient (Wildman–Crippen LogP) is 3.49. The van der Waals surface area contributed by atoms with Gasteiger partial charge in [-0.05, 0) is 24.6 Å². The van der Waals surface area contributed by atoms with Crippen LogP contribution in [-0.2, 0) is 11.3 Å². The molecule has 8 heteroatoms. The summed E-state index contributed by atoms with van der Waals surface area (Å²) < 4.78 is 5.32. The van der Waals surface area contributed by atoms with Gasteiger partial charge in [0.2, 0.25) is 5.91 Å². The van der Waals surface area contributed by atoms with E-state index in [1.807, 2.05) is 11.8 Å². The van der Waals surface area contributed by atoms with Gasteiger partial charge in [-0.25, -0.2) is 0 Å². The maximum absolute atomic E-state index is 11.9. The number of carbonyl (C=O) groups is 1. The molecule has 2 aromatic rings. The Hall–Kier alpha value is -1.63. The van der Waals surface area contributed by atoms with Crippen LogP contribution in [0.4, 0.5) is 0 Å². The Balaban J connectivity index is 1.58. The largest absolute Gasteiger partial charge is 0.340 e. The Morgan fingerprint density at radius 3 is 2.68 bits per heavy atom. The minimum absolute atomic E-state index is 0.237. The minimum atomic E-state index is 0.237. The summed E-state index contributed by atoms with van der Waals surface area (Å²) >= 11 is 12.1. The van der Waals surface area contributed by atoms with Gasteiger partial charge in [0.15, 0.2) is 5.82 Å². The lowest BCUT2D eigenvalue weighted by Crippen LogP contribution is -2.48. The Morgan fingerprint density at radius 2 is 2.00 bits per heavy atom. The third-order valence-electron chi connectivity index (χ3n) is 4.18. The highest BCUT2D eigenvalue weighted by Crippen LogP contribution is 2.29. The minimum Gasteiger partial charge on any atom is -0.340 e. The van der Waals surface area contributed by atoms with E-state index in [1.54, 1.807) is 18.2 Å². The van der Waals surface area contributed by atoms with Gasteiger partial charge in [0.1, 0.15) is 0 Å². The first-order valence-electron chi connectivity index (χ1n) is 8.35. The molecule has 0 aliphatic carbocycles. The molecule has 1 aromatic carbocycles. The summed E-state index contributed by atoms with van der Waals surface area (Å²) in [6.07, 6.45) is 1.51. The molecule has 6 nitrogen and oxygen atoms in total. The van der Waals surface area contributed by atoms with Gasteiger partial charge in [-0.3, -0.25) is 9.69 Å². The number of nitrogens with zero attached hydrogens (tertiary/aromatic N) is 4. The number of benzene rings is 1. The topological polar surface area (TPSA) is 62.5 Å². The van der Waals surface area contributed by atoms with Crippen LogP contribution >= 0.6 is 23.2 Å². The predicted molar refractivity (Wildman–Crippen MR) is 96.5 cm³/mol. The fourth-order valence-electron chi connectivity index (χ4n) is 2.82. The Bertz CT molecular complexity index is 742. The SMILES string of the molecule is CCCC(=O)N1CCN(Cc2noc(-c3ccc(Cl)cc3Cl)n2)CC1. The van der Waals surface area contributed by atoms with Crippen LogP contribution in [0.25, 0.3) is 11.5 Å². The molecule has 0 atom stereocenters. The fourth-order valence-corrected chi connectivity index (χ4v) is 3.31. The van der Waals surface area contributed by atoms with Crippen molar-refractivity contribution >= 4 is 29.1 Å². The van der Waals surface area contributed by atoms with Gasteiger partial charge in [0.05, 0.1) is 17.1 Å². The molecule has 0 unspecified atom stereocenters. The van der Waals surface area contributed by atoms with E-state index < -0.39 is 0 Å². The first-order chi connectivity index (χ1) is 12.1. The molecule has 1 fully saturated rings. The highest BCUT2D eigenvalue weighted by atomic mass is 35.5. The van der Waals surface area contributed by atoms with Crippen molar-refractivity contribution in [3.63, 3.8) is 0 Å². The van der Waals surface area contributed by atoms with Crippen molar-refractivity contribution in [3.8, 4) is 11.5 Å². The number of hydrogen-bond donors (Lipinski definition) is 0. The van der Waals surface area contributed by atoms with Crippen LogP contribution in [0.1, 0.15) is 25.6 Å². The van der Waals surface area contributed by atoms with Crippen molar-refractivity contribution in [2.75, 3.05) is 26.2 Å². The normalized spacial score (nSPS) is 15.6. The number of rotatable bonds is 5. The molecule has 134 valence electrons. The third-order valence-corrected chi connectivity index (χ3v) is 4.73. The lowest BCUT2D eigenvalue weighted by Gasteiger charge is -2.34. The quantitative estimate of drug-likeness (QED) is 0.791. The van der Waals surface area contributed by atoms with Crippen molar-refractivity contribution in [1.82, 2.24) is 19.9 Å². The molecule has 25 heavy (non-hydrogen) atoms. The Labute approximate surface area is 156 Å². The average Bonchev–Trinajstić information content (AvgIpc) is 3.04. The first-order valence-corrected chi connectivity index (χ1v) is 9.10. The third kappa shape index (κ3) is 4.51. The second-order valence-corrected chi connectivity index (χ2v) is 6.89. The second-order valence-electron chi connectivity index (χ2n) is 6.05. The van der Waals surface area contributed by atoms with Gasteiger partial charge in [-0.2, -0.15) is 4.98 Å². The summed E-state index contributed by atoms with van der Waals surface area (Å²) in [5.74, 6) is 1.23. The molecular weight excluding hydrogens is 363 g/mol. The van der Waals surface area contributed by atoms with Gasteiger partial charge >= 0.3 is 0 Å². The smallest absolute Gasteiger partial charge is 0.259 e. The van der Waals surface area contributed by atoms with Crippen LogP contribution < -0.4 is 0 Å². The number of hydrogen-bond acceptors (Lipinski definition) is 5. The summed E-state index contributed by atoms with van der Waals surface area (Å²) in [6.45, 7) is 5.71. The molecule has 0 N–H and O–H groups in total. The van der Waals surface area contributed by atoms with Crippen LogP contribution in [0, 0.1) is 0 Å². The highest BCUT2D eigenvalue weighted by molar-refractivity contribution is 6.36. The Morgan fingerprint density at radius 1 is 1.24 bits per heavy atom. The Kier molecular flexibility index (Phi) is 5.93. The number of carbonyl (C=O) groups excluding carboxylic acids is 1. The van der Waals surface area contributed by atoms with Crippen molar-refractivity contribution in [2.45, 2.75) is 26.3 Å². The fraction of sp³-hybridized carbons (Fsp3) is 0.471. The highest BCUT2D eigenvalue weighted by Gasteiger charge is 2.22. The van der Waals surface area contributed by atoms with E-state index in [4.69, 9.17) is 27.7 Å². The zero-order valence-corrected chi connectivity index (χ0v) is 15.6. The summed E-state index contributed by atoms with van der Waals surface area (Å²) in [7, 11) is 0. The molecule has 1 saturated heterocycles. The van der Waals surface area contributed by atoms with E-state index in [0.29, 0.717) is 40.3 Å². The van der Waals surface area contributed by atoms with E-state index in [2.05, 4.69) is 15.0 Å². The average molecular weight is 383 g/mol. The van der Waals surface area contributed by atoms with E-state index >= 15 is 0 Å². The maximum Gasteiger partial charge on any atom is 0.259 e. The molecule has 3 rings (SSSR count). The van der Waals surface area contributed by atoms with Crippen LogP contribution in [0.2, 0.25) is 10.0 Å². The molecule has 0 radical (unpaired) electrons. The standard InChI is InChI=1S/C17H20Cl2N4O2/c1-2-3-16(24)23-8-6-22(7-9-23)11-15-20-17(25-21-15)13-5-4-12(18)10-14(13)19/h4-5,10H,2-3,6-9,11H2,1H3. The number of halogens is 2. The lowest BCUT2D eigenvalue weighted by atomic mass is 10.2. The molecule has 0 saturated carbocycles. The molecule has 0 bridgehead atoms. The van der Waals surface area contributed by atoms with Crippen LogP contribution in [0.5, 0.6) is 0 Å².